The molecule has 0 rings (SSSR count). The van der Waals surface area contributed by atoms with E-state index in [1.54, 1.807) is 0 Å². The Morgan fingerprint density at radius 1 is 0.172 bits per heavy atom. The Balaban J connectivity index is -0.00000142. The van der Waals surface area contributed by atoms with E-state index in [1.165, 1.54) is 449 Å². The Morgan fingerprint density at radius 3 is 0.430 bits per heavy atom. The summed E-state index contributed by atoms with van der Waals surface area (Å²) in [6, 6.07) is 0. The molecule has 0 aromatic heterocycles. The van der Waals surface area contributed by atoms with Gasteiger partial charge in [-0.15, -0.1) is 0 Å². The third-order valence-electron chi connectivity index (χ3n) is 20.0. The SMILES string of the molecule is CCCCCCCCCCCCCCCCCCCCCC(=O)O.CCCCCCCCCCCCCCCCCCCCCC(=O)O.CCCCCCCCCCCCCCCCCCCCCCCOC(=O)CCCCCCCCCCCCCCCCCCC. The van der Waals surface area contributed by atoms with Gasteiger partial charge in [-0.2, -0.15) is 0 Å². The molecule has 0 spiro atoms. The van der Waals surface area contributed by atoms with E-state index in [-0.39, 0.29) is 5.97 Å². The number of unbranched alkanes of at least 4 members (excludes halogenated alkanes) is 72. The first-order valence-corrected chi connectivity index (χ1v) is 43.4. The minimum Gasteiger partial charge on any atom is -0.481 e. The van der Waals surface area contributed by atoms with E-state index in [0.717, 1.165) is 38.5 Å². The van der Waals surface area contributed by atoms with Crippen molar-refractivity contribution in [1.82, 2.24) is 0 Å². The summed E-state index contributed by atoms with van der Waals surface area (Å²) in [4.78, 5) is 32.8. The normalized spacial score (nSPS) is 11.2. The van der Waals surface area contributed by atoms with Crippen molar-refractivity contribution in [3.8, 4) is 0 Å². The van der Waals surface area contributed by atoms with Crippen LogP contribution in [0.3, 0.4) is 0 Å². The molecule has 2 N–H and O–H groups in total. The second kappa shape index (κ2) is 92.5. The standard InChI is InChI=1S/C43H86O2.2C22H44O2/c1-3-5-7-9-11-13-15-17-19-21-22-23-24-26-28-30-32-34-36-38-40-42-45-43(44)41-39-37-35-33-31-29-27-25-20-18-16-14-12-10-8-6-4-2;2*1-2-3-4-5-6-7-8-9-10-11-12-13-14-15-16-17-18-19-20-21-22(23)24/h3-42H2,1-2H3;2*2-21H2,1H3,(H,23,24). The van der Waals surface area contributed by atoms with E-state index in [4.69, 9.17) is 14.9 Å². The maximum Gasteiger partial charge on any atom is 0.305 e. The van der Waals surface area contributed by atoms with Crippen LogP contribution in [0.2, 0.25) is 0 Å². The molecule has 0 heterocycles. The number of esters is 1. The van der Waals surface area contributed by atoms with Gasteiger partial charge in [-0.3, -0.25) is 14.4 Å². The van der Waals surface area contributed by atoms with Crippen LogP contribution in [0.15, 0.2) is 0 Å². The molecule has 0 saturated carbocycles. The fourth-order valence-electron chi connectivity index (χ4n) is 13.5. The number of carboxylic acids is 2. The Kier molecular flexibility index (Phi) is 95.0. The van der Waals surface area contributed by atoms with Gasteiger partial charge in [-0.1, -0.05) is 490 Å². The zero-order valence-electron chi connectivity index (χ0n) is 64.6. The molecule has 558 valence electrons. The molecule has 0 unspecified atom stereocenters. The zero-order valence-corrected chi connectivity index (χ0v) is 64.6. The number of carbonyl (C=O) groups excluding carboxylic acids is 1. The van der Waals surface area contributed by atoms with Gasteiger partial charge >= 0.3 is 17.9 Å². The second-order valence-corrected chi connectivity index (χ2v) is 29.7. The highest BCUT2D eigenvalue weighted by atomic mass is 16.5. The highest BCUT2D eigenvalue weighted by molar-refractivity contribution is 5.69. The van der Waals surface area contributed by atoms with Gasteiger partial charge in [0, 0.05) is 19.3 Å². The number of ether oxygens (including phenoxy) is 1. The van der Waals surface area contributed by atoms with Crippen molar-refractivity contribution < 1.29 is 29.3 Å². The zero-order chi connectivity index (χ0) is 68.0. The number of carbonyl (C=O) groups is 3. The quantitative estimate of drug-likeness (QED) is 0.0465. The summed E-state index contributed by atoms with van der Waals surface area (Å²) in [7, 11) is 0. The molecule has 6 heteroatoms. The minimum atomic E-state index is -0.651. The van der Waals surface area contributed by atoms with Gasteiger partial charge in [0.2, 0.25) is 0 Å². The van der Waals surface area contributed by atoms with E-state index in [2.05, 4.69) is 27.7 Å². The van der Waals surface area contributed by atoms with Crippen LogP contribution in [0.5, 0.6) is 0 Å². The monoisotopic (exact) mass is 1320 g/mol. The largest absolute Gasteiger partial charge is 0.481 e. The maximum atomic E-state index is 12.0. The van der Waals surface area contributed by atoms with Crippen LogP contribution in [0.1, 0.15) is 535 Å². The van der Waals surface area contributed by atoms with E-state index in [0.29, 0.717) is 25.9 Å². The number of hydrogen-bond donors (Lipinski definition) is 2. The van der Waals surface area contributed by atoms with E-state index >= 15 is 0 Å². The predicted molar refractivity (Wildman–Crippen MR) is 414 cm³/mol. The number of rotatable bonds is 80. The molecule has 0 fully saturated rings. The van der Waals surface area contributed by atoms with Crippen molar-refractivity contribution in [2.24, 2.45) is 0 Å². The fraction of sp³-hybridized carbons (Fsp3) is 0.966. The summed E-state index contributed by atoms with van der Waals surface area (Å²) in [5.41, 5.74) is 0. The van der Waals surface area contributed by atoms with Gasteiger partial charge in [0.05, 0.1) is 6.61 Å². The van der Waals surface area contributed by atoms with E-state index in [1.807, 2.05) is 0 Å². The molecular formula is C87H174O6. The molecule has 0 amide bonds. The lowest BCUT2D eigenvalue weighted by Crippen LogP contribution is -2.05. The lowest BCUT2D eigenvalue weighted by molar-refractivity contribution is -0.144. The molecule has 0 radical (unpaired) electrons. The van der Waals surface area contributed by atoms with E-state index < -0.39 is 11.9 Å². The van der Waals surface area contributed by atoms with Gasteiger partial charge in [-0.25, -0.2) is 0 Å². The first-order chi connectivity index (χ1) is 45.8. The molecule has 93 heavy (non-hydrogen) atoms. The van der Waals surface area contributed by atoms with Gasteiger partial charge in [0.1, 0.15) is 0 Å². The average molecular weight is 1320 g/mol. The average Bonchev–Trinajstić information content (AvgIpc) is 3.58. The molecule has 0 aromatic carbocycles. The summed E-state index contributed by atoms with van der Waals surface area (Å²) >= 11 is 0. The summed E-state index contributed by atoms with van der Waals surface area (Å²) < 4.78 is 5.47. The molecular weight excluding hydrogens is 1140 g/mol. The molecule has 0 aliphatic rings. The Morgan fingerprint density at radius 2 is 0.290 bits per heavy atom. The predicted octanol–water partition coefficient (Wildman–Crippen LogP) is 31.6. The van der Waals surface area contributed by atoms with Crippen LogP contribution in [0.4, 0.5) is 0 Å². The van der Waals surface area contributed by atoms with Crippen LogP contribution in [0, 0.1) is 0 Å². The Hall–Kier alpha value is -1.59. The topological polar surface area (TPSA) is 101 Å². The molecule has 0 saturated heterocycles. The number of carboxylic acid groups (broad SMARTS) is 2. The lowest BCUT2D eigenvalue weighted by atomic mass is 10.0. The van der Waals surface area contributed by atoms with Gasteiger partial charge in [0.15, 0.2) is 0 Å². The molecule has 0 aliphatic heterocycles. The molecule has 0 atom stereocenters. The Bertz CT molecular complexity index is 1280. The summed E-state index contributed by atoms with van der Waals surface area (Å²) in [5.74, 6) is -1.27. The third kappa shape index (κ3) is 102. The van der Waals surface area contributed by atoms with Gasteiger partial charge in [-0.05, 0) is 25.7 Å². The summed E-state index contributed by atoms with van der Waals surface area (Å²) in [6.45, 7) is 9.80. The van der Waals surface area contributed by atoms with Crippen molar-refractivity contribution in [2.45, 2.75) is 535 Å². The first-order valence-electron chi connectivity index (χ1n) is 43.4. The first kappa shape index (κ1) is 95.6. The highest BCUT2D eigenvalue weighted by Gasteiger charge is 2.05. The Labute approximate surface area is 585 Å². The van der Waals surface area contributed by atoms with Crippen molar-refractivity contribution in [1.29, 1.82) is 0 Å². The molecule has 0 aliphatic carbocycles. The van der Waals surface area contributed by atoms with Crippen molar-refractivity contribution in [3.63, 3.8) is 0 Å². The second-order valence-electron chi connectivity index (χ2n) is 29.7. The number of aliphatic carboxylic acids is 2. The van der Waals surface area contributed by atoms with Gasteiger partial charge in [0.25, 0.3) is 0 Å². The smallest absolute Gasteiger partial charge is 0.305 e. The number of hydrogen-bond acceptors (Lipinski definition) is 4. The fourth-order valence-corrected chi connectivity index (χ4v) is 13.5. The molecule has 0 bridgehead atoms. The maximum absolute atomic E-state index is 12.0. The highest BCUT2D eigenvalue weighted by Crippen LogP contribution is 2.20. The van der Waals surface area contributed by atoms with Gasteiger partial charge < -0.3 is 14.9 Å². The van der Waals surface area contributed by atoms with Crippen LogP contribution < -0.4 is 0 Å². The van der Waals surface area contributed by atoms with Crippen molar-refractivity contribution >= 4 is 17.9 Å². The van der Waals surface area contributed by atoms with Crippen LogP contribution in [0.25, 0.3) is 0 Å². The van der Waals surface area contributed by atoms with Crippen LogP contribution in [-0.2, 0) is 19.1 Å². The lowest BCUT2D eigenvalue weighted by Gasteiger charge is -2.06. The molecule has 0 aromatic rings. The minimum absolute atomic E-state index is 0.0316. The van der Waals surface area contributed by atoms with E-state index in [9.17, 15) is 14.4 Å². The van der Waals surface area contributed by atoms with Crippen LogP contribution in [-0.4, -0.2) is 34.7 Å². The summed E-state index contributed by atoms with van der Waals surface area (Å²) in [5, 5.41) is 17.1. The third-order valence-corrected chi connectivity index (χ3v) is 20.0. The van der Waals surface area contributed by atoms with Crippen molar-refractivity contribution in [2.75, 3.05) is 6.61 Å². The van der Waals surface area contributed by atoms with Crippen LogP contribution >= 0.6 is 0 Å². The summed E-state index contributed by atoms with van der Waals surface area (Å²) in [6.07, 6.45) is 106. The molecule has 6 nitrogen and oxygen atoms in total. The van der Waals surface area contributed by atoms with Crippen molar-refractivity contribution in [3.05, 3.63) is 0 Å².